The monoisotopic (exact) mass is 320 g/mol. The lowest BCUT2D eigenvalue weighted by Crippen LogP contribution is -2.20. The van der Waals surface area contributed by atoms with Crippen LogP contribution in [0.3, 0.4) is 0 Å². The van der Waals surface area contributed by atoms with Gasteiger partial charge >= 0.3 is 12.0 Å². The Bertz CT molecular complexity index is 750. The Hall–Kier alpha value is -2.96. The number of hydrogen-bond donors (Lipinski definition) is 3. The minimum Gasteiger partial charge on any atom is -0.479 e. The Labute approximate surface area is 130 Å². The summed E-state index contributed by atoms with van der Waals surface area (Å²) in [4.78, 5) is 22.4. The van der Waals surface area contributed by atoms with Crippen molar-refractivity contribution in [1.82, 2.24) is 0 Å². The number of hydrogen-bond acceptors (Lipinski definition) is 2. The van der Waals surface area contributed by atoms with E-state index in [0.29, 0.717) is 5.69 Å². The largest absolute Gasteiger partial charge is 0.479 e. The molecule has 2 rings (SSSR count). The van der Waals surface area contributed by atoms with Gasteiger partial charge in [0.2, 0.25) is 6.17 Å². The smallest absolute Gasteiger partial charge is 0.343 e. The second kappa shape index (κ2) is 6.87. The molecule has 0 aromatic heterocycles. The van der Waals surface area contributed by atoms with Crippen molar-refractivity contribution in [3.05, 3.63) is 59.4 Å². The first-order valence-electron chi connectivity index (χ1n) is 6.68. The standard InChI is InChI=1S/C16H14F2N2O3/c1-9-4-2-3-5-12(9)19-16(23)20-13-7-6-10(8-11(13)17)14(18)15(21)22/h2-8,14H,1H3,(H,21,22)(H2,19,20,23). The lowest BCUT2D eigenvalue weighted by atomic mass is 10.1. The highest BCUT2D eigenvalue weighted by Gasteiger charge is 2.20. The molecule has 0 aliphatic carbocycles. The van der Waals surface area contributed by atoms with Crippen LogP contribution in [0.5, 0.6) is 0 Å². The molecule has 0 aliphatic heterocycles. The first-order chi connectivity index (χ1) is 10.9. The van der Waals surface area contributed by atoms with Crippen molar-refractivity contribution >= 4 is 23.4 Å². The maximum Gasteiger partial charge on any atom is 0.343 e. The van der Waals surface area contributed by atoms with Crippen LogP contribution in [0, 0.1) is 12.7 Å². The Morgan fingerprint density at radius 3 is 2.35 bits per heavy atom. The molecule has 0 spiro atoms. The molecule has 0 saturated carbocycles. The zero-order valence-corrected chi connectivity index (χ0v) is 12.1. The highest BCUT2D eigenvalue weighted by Crippen LogP contribution is 2.23. The fourth-order valence-electron chi connectivity index (χ4n) is 1.92. The van der Waals surface area contributed by atoms with E-state index in [1.165, 1.54) is 0 Å². The molecule has 0 saturated heterocycles. The molecule has 2 aromatic rings. The van der Waals surface area contributed by atoms with Crippen molar-refractivity contribution in [2.45, 2.75) is 13.1 Å². The Balaban J connectivity index is 2.10. The third-order valence-corrected chi connectivity index (χ3v) is 3.14. The topological polar surface area (TPSA) is 78.4 Å². The molecule has 0 fully saturated rings. The summed E-state index contributed by atoms with van der Waals surface area (Å²) in [6.45, 7) is 1.80. The van der Waals surface area contributed by atoms with Crippen LogP contribution in [0.15, 0.2) is 42.5 Å². The SMILES string of the molecule is Cc1ccccc1NC(=O)Nc1ccc(C(F)C(=O)O)cc1F. The number of aryl methyl sites for hydroxylation is 1. The summed E-state index contributed by atoms with van der Waals surface area (Å²) in [5.41, 5.74) is 0.884. The maximum atomic E-state index is 13.9. The Morgan fingerprint density at radius 2 is 1.74 bits per heavy atom. The molecule has 7 heteroatoms. The number of para-hydroxylation sites is 1. The number of amides is 2. The van der Waals surface area contributed by atoms with Crippen LogP contribution in [-0.4, -0.2) is 17.1 Å². The van der Waals surface area contributed by atoms with Crippen LogP contribution in [0.1, 0.15) is 17.3 Å². The average molecular weight is 320 g/mol. The van der Waals surface area contributed by atoms with Gasteiger partial charge in [-0.15, -0.1) is 0 Å². The molecule has 1 unspecified atom stereocenters. The number of benzene rings is 2. The van der Waals surface area contributed by atoms with E-state index in [1.807, 2.05) is 6.07 Å². The quantitative estimate of drug-likeness (QED) is 0.800. The second-order valence-corrected chi connectivity index (χ2v) is 4.83. The molecule has 2 aromatic carbocycles. The van der Waals surface area contributed by atoms with Gasteiger partial charge in [0.05, 0.1) is 5.69 Å². The summed E-state index contributed by atoms with van der Waals surface area (Å²) >= 11 is 0. The van der Waals surface area contributed by atoms with Gasteiger partial charge in [-0.2, -0.15) is 0 Å². The van der Waals surface area contributed by atoms with Gasteiger partial charge in [0.1, 0.15) is 5.82 Å². The first kappa shape index (κ1) is 16.4. The molecule has 0 radical (unpaired) electrons. The van der Waals surface area contributed by atoms with E-state index >= 15 is 0 Å². The van der Waals surface area contributed by atoms with Gasteiger partial charge < -0.3 is 15.7 Å². The molecule has 23 heavy (non-hydrogen) atoms. The number of aliphatic carboxylic acids is 1. The number of carboxylic acid groups (broad SMARTS) is 1. The summed E-state index contributed by atoms with van der Waals surface area (Å²) in [5.74, 6) is -2.63. The number of halogens is 2. The molecule has 1 atom stereocenters. The number of anilines is 2. The van der Waals surface area contributed by atoms with E-state index in [4.69, 9.17) is 5.11 Å². The van der Waals surface area contributed by atoms with E-state index < -0.39 is 24.0 Å². The summed E-state index contributed by atoms with van der Waals surface area (Å²) < 4.78 is 27.1. The highest BCUT2D eigenvalue weighted by atomic mass is 19.1. The summed E-state index contributed by atoms with van der Waals surface area (Å²) in [7, 11) is 0. The van der Waals surface area contributed by atoms with Crippen LogP contribution < -0.4 is 10.6 Å². The molecular weight excluding hydrogens is 306 g/mol. The number of carboxylic acids is 1. The maximum absolute atomic E-state index is 13.9. The van der Waals surface area contributed by atoms with Crippen molar-refractivity contribution < 1.29 is 23.5 Å². The van der Waals surface area contributed by atoms with Crippen LogP contribution in [0.25, 0.3) is 0 Å². The van der Waals surface area contributed by atoms with Gasteiger partial charge in [0.15, 0.2) is 0 Å². The normalized spacial score (nSPS) is 11.6. The van der Waals surface area contributed by atoms with E-state index in [9.17, 15) is 18.4 Å². The number of nitrogens with one attached hydrogen (secondary N) is 2. The van der Waals surface area contributed by atoms with E-state index in [0.717, 1.165) is 23.8 Å². The Morgan fingerprint density at radius 1 is 1.09 bits per heavy atom. The van der Waals surface area contributed by atoms with Crippen molar-refractivity contribution in [3.63, 3.8) is 0 Å². The molecule has 0 heterocycles. The third-order valence-electron chi connectivity index (χ3n) is 3.14. The van der Waals surface area contributed by atoms with Gasteiger partial charge in [0, 0.05) is 11.3 Å². The molecule has 3 N–H and O–H groups in total. The van der Waals surface area contributed by atoms with Gasteiger partial charge in [0.25, 0.3) is 0 Å². The Kier molecular flexibility index (Phi) is 4.90. The van der Waals surface area contributed by atoms with Gasteiger partial charge in [-0.05, 0) is 30.7 Å². The van der Waals surface area contributed by atoms with Crippen LogP contribution >= 0.6 is 0 Å². The van der Waals surface area contributed by atoms with E-state index in [1.54, 1.807) is 25.1 Å². The number of carbonyl (C=O) groups is 2. The predicted octanol–water partition coefficient (Wildman–Crippen LogP) is 3.87. The lowest BCUT2D eigenvalue weighted by molar-refractivity contribution is -0.143. The van der Waals surface area contributed by atoms with Gasteiger partial charge in [-0.3, -0.25) is 0 Å². The second-order valence-electron chi connectivity index (χ2n) is 4.83. The number of alkyl halides is 1. The van der Waals surface area contributed by atoms with Gasteiger partial charge in [-0.1, -0.05) is 24.3 Å². The number of urea groups is 1. The van der Waals surface area contributed by atoms with Crippen molar-refractivity contribution in [3.8, 4) is 0 Å². The minimum absolute atomic E-state index is 0.183. The summed E-state index contributed by atoms with van der Waals surface area (Å²) in [6, 6.07) is 9.33. The molecule has 2 amide bonds. The van der Waals surface area contributed by atoms with Crippen molar-refractivity contribution in [2.75, 3.05) is 10.6 Å². The molecule has 0 bridgehead atoms. The minimum atomic E-state index is -2.32. The molecular formula is C16H14F2N2O3. The summed E-state index contributed by atoms with van der Waals surface area (Å²) in [6.07, 6.45) is -2.32. The van der Waals surface area contributed by atoms with Crippen LogP contribution in [-0.2, 0) is 4.79 Å². The summed E-state index contributed by atoms with van der Waals surface area (Å²) in [5, 5.41) is 13.4. The van der Waals surface area contributed by atoms with E-state index in [-0.39, 0.29) is 11.3 Å². The van der Waals surface area contributed by atoms with Crippen LogP contribution in [0.4, 0.5) is 25.0 Å². The van der Waals surface area contributed by atoms with Crippen molar-refractivity contribution in [2.24, 2.45) is 0 Å². The highest BCUT2D eigenvalue weighted by molar-refractivity contribution is 6.00. The van der Waals surface area contributed by atoms with Gasteiger partial charge in [-0.25, -0.2) is 18.4 Å². The first-order valence-corrected chi connectivity index (χ1v) is 6.68. The molecule has 5 nitrogen and oxygen atoms in total. The molecule has 0 aliphatic rings. The molecule has 120 valence electrons. The van der Waals surface area contributed by atoms with E-state index in [2.05, 4.69) is 10.6 Å². The lowest BCUT2D eigenvalue weighted by Gasteiger charge is -2.11. The van der Waals surface area contributed by atoms with Crippen LogP contribution in [0.2, 0.25) is 0 Å². The fourth-order valence-corrected chi connectivity index (χ4v) is 1.92. The third kappa shape index (κ3) is 4.03. The predicted molar refractivity (Wildman–Crippen MR) is 81.7 cm³/mol. The zero-order chi connectivity index (χ0) is 17.0. The number of carbonyl (C=O) groups excluding carboxylic acids is 1. The number of rotatable bonds is 4. The fraction of sp³-hybridized carbons (Fsp3) is 0.125. The van der Waals surface area contributed by atoms with Crippen molar-refractivity contribution in [1.29, 1.82) is 0 Å². The average Bonchev–Trinajstić information content (AvgIpc) is 2.50. The zero-order valence-electron chi connectivity index (χ0n) is 12.1.